The van der Waals surface area contributed by atoms with Gasteiger partial charge in [-0.25, -0.2) is 4.68 Å². The van der Waals surface area contributed by atoms with Gasteiger partial charge >= 0.3 is 5.97 Å². The highest BCUT2D eigenvalue weighted by molar-refractivity contribution is 7.20. The number of halogens is 1. The lowest BCUT2D eigenvalue weighted by molar-refractivity contribution is -0.140. The van der Waals surface area contributed by atoms with Crippen LogP contribution in [0.3, 0.4) is 0 Å². The Bertz CT molecular complexity index is 931. The van der Waals surface area contributed by atoms with Crippen molar-refractivity contribution < 1.29 is 14.3 Å². The number of nitrogens with zero attached hydrogens (tertiary/aromatic N) is 2. The van der Waals surface area contributed by atoms with Crippen molar-refractivity contribution >= 4 is 45.0 Å². The number of hydrogen-bond donors (Lipinski definition) is 1. The van der Waals surface area contributed by atoms with Gasteiger partial charge < -0.3 is 10.1 Å². The number of carbonyl (C=O) groups excluding carboxylic acids is 2. The van der Waals surface area contributed by atoms with Gasteiger partial charge in [-0.3, -0.25) is 9.59 Å². The summed E-state index contributed by atoms with van der Waals surface area (Å²) in [5.41, 5.74) is 1.72. The van der Waals surface area contributed by atoms with Gasteiger partial charge in [0.2, 0.25) is 0 Å². The molecule has 8 heteroatoms. The summed E-state index contributed by atoms with van der Waals surface area (Å²) in [6.45, 7) is 2.14. The average Bonchev–Trinajstić information content (AvgIpc) is 3.16. The van der Waals surface area contributed by atoms with E-state index in [1.807, 2.05) is 25.1 Å². The molecule has 0 aliphatic carbocycles. The third-order valence-corrected chi connectivity index (χ3v) is 5.04. The molecule has 0 fully saturated rings. The second-order valence-corrected chi connectivity index (χ2v) is 6.85. The number of methoxy groups -OCH3 is 1. The average molecular weight is 378 g/mol. The van der Waals surface area contributed by atoms with Crippen LogP contribution in [-0.2, 0) is 9.53 Å². The first-order chi connectivity index (χ1) is 12.0. The molecule has 0 aliphatic rings. The molecule has 1 N–H and O–H groups in total. The fourth-order valence-electron chi connectivity index (χ4n) is 2.38. The molecule has 0 unspecified atom stereocenters. The number of fused-ring (bicyclic) bond motifs is 1. The molecule has 0 spiro atoms. The molecular weight excluding hydrogens is 362 g/mol. The van der Waals surface area contributed by atoms with Crippen LogP contribution >= 0.6 is 22.9 Å². The number of aromatic nitrogens is 2. The molecular formula is C17H16ClN3O3S. The predicted molar refractivity (Wildman–Crippen MR) is 97.7 cm³/mol. The number of amides is 1. The van der Waals surface area contributed by atoms with E-state index >= 15 is 0 Å². The first-order valence-corrected chi connectivity index (χ1v) is 8.79. The van der Waals surface area contributed by atoms with Crippen LogP contribution < -0.4 is 5.32 Å². The summed E-state index contributed by atoms with van der Waals surface area (Å²) in [5, 5.41) is 8.84. The van der Waals surface area contributed by atoms with Crippen LogP contribution in [0.15, 0.2) is 30.3 Å². The van der Waals surface area contributed by atoms with Gasteiger partial charge in [-0.1, -0.05) is 11.6 Å². The van der Waals surface area contributed by atoms with Gasteiger partial charge in [0, 0.05) is 17.0 Å². The summed E-state index contributed by atoms with van der Waals surface area (Å²) in [6.07, 6.45) is 0.144. The Kier molecular flexibility index (Phi) is 5.06. The lowest BCUT2D eigenvalue weighted by atomic mass is 10.3. The van der Waals surface area contributed by atoms with Gasteiger partial charge in [-0.05, 0) is 37.3 Å². The minimum Gasteiger partial charge on any atom is -0.469 e. The van der Waals surface area contributed by atoms with E-state index in [4.69, 9.17) is 11.6 Å². The Morgan fingerprint density at radius 3 is 2.72 bits per heavy atom. The van der Waals surface area contributed by atoms with Gasteiger partial charge in [-0.15, -0.1) is 11.3 Å². The van der Waals surface area contributed by atoms with Crippen molar-refractivity contribution in [1.82, 2.24) is 15.1 Å². The monoisotopic (exact) mass is 377 g/mol. The zero-order chi connectivity index (χ0) is 18.0. The number of rotatable bonds is 5. The zero-order valence-corrected chi connectivity index (χ0v) is 15.3. The Labute approximate surface area is 153 Å². The number of benzene rings is 1. The first-order valence-electron chi connectivity index (χ1n) is 7.59. The molecule has 0 saturated carbocycles. The summed E-state index contributed by atoms with van der Waals surface area (Å²) >= 11 is 7.29. The van der Waals surface area contributed by atoms with Crippen molar-refractivity contribution in [2.75, 3.05) is 13.7 Å². The number of ether oxygens (including phenoxy) is 1. The van der Waals surface area contributed by atoms with E-state index < -0.39 is 0 Å². The number of esters is 1. The predicted octanol–water partition coefficient (Wildman–Crippen LogP) is 3.34. The smallest absolute Gasteiger partial charge is 0.307 e. The van der Waals surface area contributed by atoms with Crippen LogP contribution in [0.4, 0.5) is 0 Å². The van der Waals surface area contributed by atoms with Crippen LogP contribution in [-0.4, -0.2) is 35.3 Å². The number of aryl methyl sites for hydroxylation is 1. The fourth-order valence-corrected chi connectivity index (χ4v) is 3.61. The van der Waals surface area contributed by atoms with Crippen molar-refractivity contribution in [1.29, 1.82) is 0 Å². The highest BCUT2D eigenvalue weighted by atomic mass is 35.5. The third-order valence-electron chi connectivity index (χ3n) is 3.68. The normalized spacial score (nSPS) is 10.8. The van der Waals surface area contributed by atoms with E-state index in [2.05, 4.69) is 15.2 Å². The quantitative estimate of drug-likeness (QED) is 0.692. The molecule has 2 aromatic heterocycles. The summed E-state index contributed by atoms with van der Waals surface area (Å²) in [6, 6.07) is 9.18. The van der Waals surface area contributed by atoms with Crippen LogP contribution in [0.5, 0.6) is 0 Å². The largest absolute Gasteiger partial charge is 0.469 e. The standard InChI is InChI=1S/C17H16ClN3O3S/c1-10-13-9-14(16(23)19-8-7-15(22)24-2)25-17(13)21(20-10)12-5-3-11(18)4-6-12/h3-6,9H,7-8H2,1-2H3,(H,19,23). The van der Waals surface area contributed by atoms with E-state index in [-0.39, 0.29) is 24.8 Å². The van der Waals surface area contributed by atoms with E-state index in [0.29, 0.717) is 9.90 Å². The van der Waals surface area contributed by atoms with Crippen molar-refractivity contribution in [2.45, 2.75) is 13.3 Å². The maximum absolute atomic E-state index is 12.3. The van der Waals surface area contributed by atoms with Crippen LogP contribution in [0.25, 0.3) is 15.9 Å². The lowest BCUT2D eigenvalue weighted by Crippen LogP contribution is -2.25. The Morgan fingerprint density at radius 1 is 1.32 bits per heavy atom. The molecule has 0 saturated heterocycles. The topological polar surface area (TPSA) is 73.2 Å². The van der Waals surface area contributed by atoms with E-state index in [1.165, 1.54) is 18.4 Å². The zero-order valence-electron chi connectivity index (χ0n) is 13.7. The van der Waals surface area contributed by atoms with Crippen molar-refractivity contribution in [3.05, 3.63) is 45.9 Å². The Balaban J connectivity index is 1.85. The number of hydrogen-bond acceptors (Lipinski definition) is 5. The van der Waals surface area contributed by atoms with Gasteiger partial charge in [0.25, 0.3) is 5.91 Å². The molecule has 0 aliphatic heterocycles. The molecule has 1 aromatic carbocycles. The van der Waals surface area contributed by atoms with Crippen molar-refractivity contribution in [2.24, 2.45) is 0 Å². The lowest BCUT2D eigenvalue weighted by Gasteiger charge is -2.03. The van der Waals surface area contributed by atoms with Gasteiger partial charge in [0.15, 0.2) is 0 Å². The van der Waals surface area contributed by atoms with Gasteiger partial charge in [0.1, 0.15) is 4.83 Å². The van der Waals surface area contributed by atoms with Gasteiger partial charge in [-0.2, -0.15) is 5.10 Å². The fraction of sp³-hybridized carbons (Fsp3) is 0.235. The van der Waals surface area contributed by atoms with E-state index in [0.717, 1.165) is 21.6 Å². The minimum absolute atomic E-state index is 0.144. The van der Waals surface area contributed by atoms with E-state index in [9.17, 15) is 9.59 Å². The first kappa shape index (κ1) is 17.4. The maximum Gasteiger partial charge on any atom is 0.307 e. The second-order valence-electron chi connectivity index (χ2n) is 5.39. The molecule has 6 nitrogen and oxygen atoms in total. The molecule has 130 valence electrons. The van der Waals surface area contributed by atoms with Crippen LogP contribution in [0, 0.1) is 6.92 Å². The molecule has 1 amide bonds. The molecule has 2 heterocycles. The minimum atomic E-state index is -0.356. The highest BCUT2D eigenvalue weighted by Crippen LogP contribution is 2.30. The maximum atomic E-state index is 12.3. The summed E-state index contributed by atoms with van der Waals surface area (Å²) in [5.74, 6) is -0.571. The summed E-state index contributed by atoms with van der Waals surface area (Å²) < 4.78 is 6.36. The van der Waals surface area contributed by atoms with Crippen LogP contribution in [0.1, 0.15) is 21.8 Å². The van der Waals surface area contributed by atoms with Gasteiger partial charge in [0.05, 0.1) is 29.8 Å². The summed E-state index contributed by atoms with van der Waals surface area (Å²) in [7, 11) is 1.32. The third kappa shape index (κ3) is 3.67. The summed E-state index contributed by atoms with van der Waals surface area (Å²) in [4.78, 5) is 24.9. The highest BCUT2D eigenvalue weighted by Gasteiger charge is 2.17. The molecule has 0 radical (unpaired) electrons. The number of thiophene rings is 1. The Morgan fingerprint density at radius 2 is 2.04 bits per heavy atom. The Hall–Kier alpha value is -2.38. The molecule has 3 aromatic rings. The van der Waals surface area contributed by atoms with Crippen LogP contribution in [0.2, 0.25) is 5.02 Å². The van der Waals surface area contributed by atoms with E-state index in [1.54, 1.807) is 16.8 Å². The number of nitrogens with one attached hydrogen (secondary N) is 1. The molecule has 25 heavy (non-hydrogen) atoms. The van der Waals surface area contributed by atoms with Crippen molar-refractivity contribution in [3.63, 3.8) is 0 Å². The molecule has 0 atom stereocenters. The van der Waals surface area contributed by atoms with Crippen molar-refractivity contribution in [3.8, 4) is 5.69 Å². The number of carbonyl (C=O) groups is 2. The molecule has 3 rings (SSSR count). The SMILES string of the molecule is COC(=O)CCNC(=O)c1cc2c(C)nn(-c3ccc(Cl)cc3)c2s1. The molecule has 0 bridgehead atoms. The second kappa shape index (κ2) is 7.25.